The van der Waals surface area contributed by atoms with Crippen LogP contribution in [-0.2, 0) is 11.3 Å². The average molecular weight is 431 g/mol. The highest BCUT2D eigenvalue weighted by Crippen LogP contribution is 2.21. The minimum Gasteiger partial charge on any atom is -0.338 e. The van der Waals surface area contributed by atoms with Gasteiger partial charge in [-0.05, 0) is 30.9 Å². The highest BCUT2D eigenvalue weighted by molar-refractivity contribution is 7.99. The van der Waals surface area contributed by atoms with E-state index >= 15 is 0 Å². The van der Waals surface area contributed by atoms with Gasteiger partial charge >= 0.3 is 6.03 Å². The lowest BCUT2D eigenvalue weighted by atomic mass is 10.1. The predicted octanol–water partition coefficient (Wildman–Crippen LogP) is 2.42. The number of thioether (sulfide) groups is 1. The molecule has 2 N–H and O–H groups in total. The van der Waals surface area contributed by atoms with E-state index in [1.807, 2.05) is 25.1 Å². The van der Waals surface area contributed by atoms with Crippen LogP contribution >= 0.6 is 11.8 Å². The first-order chi connectivity index (χ1) is 14.4. The highest BCUT2D eigenvalue weighted by atomic mass is 32.2. The van der Waals surface area contributed by atoms with Crippen molar-refractivity contribution in [2.45, 2.75) is 45.3 Å². The van der Waals surface area contributed by atoms with Gasteiger partial charge in [-0.25, -0.2) is 4.79 Å². The second-order valence-electron chi connectivity index (χ2n) is 7.37. The molecule has 0 atom stereocenters. The van der Waals surface area contributed by atoms with Gasteiger partial charge in [0.1, 0.15) is 0 Å². The van der Waals surface area contributed by atoms with Gasteiger partial charge in [0.25, 0.3) is 5.56 Å². The Morgan fingerprint density at radius 1 is 1.20 bits per heavy atom. The Morgan fingerprint density at radius 3 is 2.70 bits per heavy atom. The van der Waals surface area contributed by atoms with Crippen LogP contribution in [0.25, 0.3) is 16.7 Å². The van der Waals surface area contributed by atoms with Gasteiger partial charge in [-0.2, -0.15) is 0 Å². The Labute approximate surface area is 178 Å². The minimum atomic E-state index is -0.505. The number of amides is 3. The molecule has 0 aliphatic rings. The second-order valence-corrected chi connectivity index (χ2v) is 8.31. The van der Waals surface area contributed by atoms with Crippen LogP contribution in [0, 0.1) is 5.92 Å². The third-order valence-electron chi connectivity index (χ3n) is 4.52. The molecule has 3 amide bonds. The summed E-state index contributed by atoms with van der Waals surface area (Å²) in [5.41, 5.74) is 0.573. The van der Waals surface area contributed by atoms with Crippen LogP contribution in [0.15, 0.2) is 34.2 Å². The number of carbonyl (C=O) groups is 2. The molecule has 0 radical (unpaired) electrons. The van der Waals surface area contributed by atoms with Gasteiger partial charge in [0, 0.05) is 13.1 Å². The Kier molecular flexibility index (Phi) is 7.09. The first kappa shape index (κ1) is 21.8. The number of aromatic nitrogens is 4. The average Bonchev–Trinajstić information content (AvgIpc) is 3.13. The van der Waals surface area contributed by atoms with Crippen molar-refractivity contribution in [3.05, 3.63) is 34.6 Å². The minimum absolute atomic E-state index is 0.000372. The van der Waals surface area contributed by atoms with Crippen LogP contribution in [0.2, 0.25) is 0 Å². The lowest BCUT2D eigenvalue weighted by Gasteiger charge is -2.10. The molecule has 3 aromatic rings. The number of imide groups is 1. The Hall–Kier alpha value is -2.88. The van der Waals surface area contributed by atoms with Gasteiger partial charge in [0.15, 0.2) is 5.16 Å². The number of aryl methyl sites for hydroxylation is 1. The number of fused-ring (bicyclic) bond motifs is 3. The zero-order valence-corrected chi connectivity index (χ0v) is 18.2. The summed E-state index contributed by atoms with van der Waals surface area (Å²) in [6, 6.07) is 6.75. The molecule has 0 unspecified atom stereocenters. The predicted molar refractivity (Wildman–Crippen MR) is 117 cm³/mol. The van der Waals surface area contributed by atoms with Gasteiger partial charge in [0.05, 0.1) is 16.7 Å². The van der Waals surface area contributed by atoms with Gasteiger partial charge in [0.2, 0.25) is 11.7 Å². The van der Waals surface area contributed by atoms with E-state index in [4.69, 9.17) is 0 Å². The fourth-order valence-electron chi connectivity index (χ4n) is 3.06. The SMILES string of the molecule is CCCn1c(=O)c2ccccc2n2c(SCC(=O)NC(=O)NCCC(C)C)nnc12. The van der Waals surface area contributed by atoms with Crippen molar-refractivity contribution < 1.29 is 9.59 Å². The summed E-state index contributed by atoms with van der Waals surface area (Å²) in [4.78, 5) is 36.8. The second kappa shape index (κ2) is 9.75. The van der Waals surface area contributed by atoms with E-state index in [1.165, 1.54) is 0 Å². The standard InChI is InChI=1S/C20H26N6O3S/c1-4-11-25-17(28)14-7-5-6-8-15(14)26-19(25)23-24-20(26)30-12-16(27)22-18(29)21-10-9-13(2)3/h5-8,13H,4,9-12H2,1-3H3,(H2,21,22,27,29). The summed E-state index contributed by atoms with van der Waals surface area (Å²) in [5, 5.41) is 14.4. The summed E-state index contributed by atoms with van der Waals surface area (Å²) in [5.74, 6) is 0.483. The first-order valence-corrected chi connectivity index (χ1v) is 11.0. The number of urea groups is 1. The van der Waals surface area contributed by atoms with E-state index in [1.54, 1.807) is 15.0 Å². The van der Waals surface area contributed by atoms with Crippen LogP contribution in [0.5, 0.6) is 0 Å². The maximum Gasteiger partial charge on any atom is 0.321 e. The van der Waals surface area contributed by atoms with Crippen LogP contribution < -0.4 is 16.2 Å². The monoisotopic (exact) mass is 430 g/mol. The summed E-state index contributed by atoms with van der Waals surface area (Å²) >= 11 is 1.16. The molecule has 160 valence electrons. The van der Waals surface area contributed by atoms with E-state index in [0.717, 1.165) is 24.6 Å². The van der Waals surface area contributed by atoms with E-state index in [-0.39, 0.29) is 11.3 Å². The number of benzene rings is 1. The molecule has 0 saturated carbocycles. The van der Waals surface area contributed by atoms with Crippen molar-refractivity contribution in [1.29, 1.82) is 0 Å². The fraction of sp³-hybridized carbons (Fsp3) is 0.450. The van der Waals surface area contributed by atoms with E-state index in [9.17, 15) is 14.4 Å². The smallest absolute Gasteiger partial charge is 0.321 e. The molecular weight excluding hydrogens is 404 g/mol. The summed E-state index contributed by atoms with van der Waals surface area (Å²) in [6.07, 6.45) is 1.62. The Morgan fingerprint density at radius 2 is 1.97 bits per heavy atom. The maximum absolute atomic E-state index is 12.8. The van der Waals surface area contributed by atoms with Crippen molar-refractivity contribution in [3.8, 4) is 0 Å². The number of rotatable bonds is 8. The summed E-state index contributed by atoms with van der Waals surface area (Å²) in [6.45, 7) is 7.15. The molecular formula is C20H26N6O3S. The van der Waals surface area contributed by atoms with Crippen LogP contribution in [-0.4, -0.2) is 43.4 Å². The van der Waals surface area contributed by atoms with E-state index in [2.05, 4.69) is 34.7 Å². The number of nitrogens with zero attached hydrogens (tertiary/aromatic N) is 4. The van der Waals surface area contributed by atoms with Gasteiger partial charge in [-0.15, -0.1) is 10.2 Å². The van der Waals surface area contributed by atoms with Crippen molar-refractivity contribution in [3.63, 3.8) is 0 Å². The molecule has 2 aromatic heterocycles. The molecule has 0 fully saturated rings. The molecule has 0 bridgehead atoms. The van der Waals surface area contributed by atoms with E-state index in [0.29, 0.717) is 40.8 Å². The Balaban J connectivity index is 1.78. The lowest BCUT2D eigenvalue weighted by Crippen LogP contribution is -2.40. The third kappa shape index (κ3) is 4.81. The van der Waals surface area contributed by atoms with Crippen molar-refractivity contribution >= 4 is 40.4 Å². The zero-order valence-electron chi connectivity index (χ0n) is 17.3. The van der Waals surface area contributed by atoms with Crippen LogP contribution in [0.1, 0.15) is 33.6 Å². The molecule has 10 heteroatoms. The Bertz CT molecular complexity index is 1120. The van der Waals surface area contributed by atoms with Crippen molar-refractivity contribution in [1.82, 2.24) is 29.8 Å². The van der Waals surface area contributed by atoms with Crippen molar-refractivity contribution in [2.24, 2.45) is 5.92 Å². The highest BCUT2D eigenvalue weighted by Gasteiger charge is 2.17. The topological polar surface area (TPSA) is 110 Å². The first-order valence-electron chi connectivity index (χ1n) is 9.99. The molecule has 0 spiro atoms. The number of hydrogen-bond acceptors (Lipinski definition) is 6. The zero-order chi connectivity index (χ0) is 21.7. The molecule has 30 heavy (non-hydrogen) atoms. The van der Waals surface area contributed by atoms with E-state index < -0.39 is 11.9 Å². The quantitative estimate of drug-likeness (QED) is 0.531. The van der Waals surface area contributed by atoms with Crippen LogP contribution in [0.3, 0.4) is 0 Å². The lowest BCUT2D eigenvalue weighted by molar-refractivity contribution is -0.117. The molecule has 2 heterocycles. The molecule has 0 aliphatic heterocycles. The number of nitrogens with one attached hydrogen (secondary N) is 2. The summed E-state index contributed by atoms with van der Waals surface area (Å²) < 4.78 is 3.38. The molecule has 3 rings (SSSR count). The molecule has 0 saturated heterocycles. The molecule has 0 aliphatic carbocycles. The molecule has 1 aromatic carbocycles. The molecule has 9 nitrogen and oxygen atoms in total. The number of hydrogen-bond donors (Lipinski definition) is 2. The fourth-order valence-corrected chi connectivity index (χ4v) is 3.80. The van der Waals surface area contributed by atoms with Gasteiger partial charge in [-0.3, -0.25) is 23.9 Å². The normalized spacial score (nSPS) is 11.3. The number of carbonyl (C=O) groups excluding carboxylic acids is 2. The van der Waals surface area contributed by atoms with Crippen LogP contribution in [0.4, 0.5) is 4.79 Å². The summed E-state index contributed by atoms with van der Waals surface area (Å²) in [7, 11) is 0. The maximum atomic E-state index is 12.8. The largest absolute Gasteiger partial charge is 0.338 e. The van der Waals surface area contributed by atoms with Crippen molar-refractivity contribution in [2.75, 3.05) is 12.3 Å². The number of para-hydroxylation sites is 1. The van der Waals surface area contributed by atoms with Gasteiger partial charge in [-0.1, -0.05) is 44.7 Å². The third-order valence-corrected chi connectivity index (χ3v) is 5.45. The van der Waals surface area contributed by atoms with Gasteiger partial charge < -0.3 is 5.32 Å².